The van der Waals surface area contributed by atoms with Crippen molar-refractivity contribution in [3.63, 3.8) is 0 Å². The summed E-state index contributed by atoms with van der Waals surface area (Å²) < 4.78 is 0. The molecule has 6 heteroatoms. The van der Waals surface area contributed by atoms with Crippen molar-refractivity contribution in [1.82, 2.24) is 4.98 Å². The van der Waals surface area contributed by atoms with E-state index in [9.17, 15) is 10.1 Å². The summed E-state index contributed by atoms with van der Waals surface area (Å²) in [5, 5.41) is 15.8. The maximum absolute atomic E-state index is 11.1. The van der Waals surface area contributed by atoms with Crippen molar-refractivity contribution in [2.45, 2.75) is 13.5 Å². The van der Waals surface area contributed by atoms with E-state index >= 15 is 0 Å². The monoisotopic (exact) mass is 299 g/mol. The number of hydrogen-bond acceptors (Lipinski definition) is 5. The first-order valence-electron chi connectivity index (χ1n) is 6.45. The minimum absolute atomic E-state index is 0.102. The van der Waals surface area contributed by atoms with E-state index in [0.717, 1.165) is 11.1 Å². The summed E-state index contributed by atoms with van der Waals surface area (Å²) in [4.78, 5) is 17.3. The SMILES string of the molecule is Cc1ccc(CNc2ccc([N+](=O)[O-])c3ccncc23)s1. The van der Waals surface area contributed by atoms with Gasteiger partial charge in [0.1, 0.15) is 0 Å². The number of aryl methyl sites for hydroxylation is 1. The highest BCUT2D eigenvalue weighted by Gasteiger charge is 2.14. The zero-order valence-corrected chi connectivity index (χ0v) is 12.2. The minimum atomic E-state index is -0.366. The molecule has 3 aromatic rings. The summed E-state index contributed by atoms with van der Waals surface area (Å²) in [6.07, 6.45) is 3.23. The molecule has 0 aliphatic carbocycles. The third-order valence-corrected chi connectivity index (χ3v) is 4.24. The molecule has 0 spiro atoms. The van der Waals surface area contributed by atoms with E-state index < -0.39 is 0 Å². The van der Waals surface area contributed by atoms with Crippen LogP contribution in [0, 0.1) is 17.0 Å². The van der Waals surface area contributed by atoms with Crippen LogP contribution < -0.4 is 5.32 Å². The van der Waals surface area contributed by atoms with E-state index in [0.29, 0.717) is 11.9 Å². The van der Waals surface area contributed by atoms with Gasteiger partial charge in [0.2, 0.25) is 0 Å². The third-order valence-electron chi connectivity index (χ3n) is 3.24. The molecule has 3 rings (SSSR count). The van der Waals surface area contributed by atoms with Crippen molar-refractivity contribution < 1.29 is 4.92 Å². The van der Waals surface area contributed by atoms with Gasteiger partial charge in [-0.25, -0.2) is 0 Å². The van der Waals surface area contributed by atoms with Crippen molar-refractivity contribution in [3.8, 4) is 0 Å². The maximum atomic E-state index is 11.1. The van der Waals surface area contributed by atoms with Crippen LogP contribution in [0.25, 0.3) is 10.8 Å². The quantitative estimate of drug-likeness (QED) is 0.581. The number of benzene rings is 1. The van der Waals surface area contributed by atoms with Crippen LogP contribution in [-0.4, -0.2) is 9.91 Å². The van der Waals surface area contributed by atoms with Crippen LogP contribution in [0.15, 0.2) is 42.7 Å². The molecule has 0 saturated heterocycles. The van der Waals surface area contributed by atoms with E-state index in [4.69, 9.17) is 0 Å². The number of rotatable bonds is 4. The first-order valence-corrected chi connectivity index (χ1v) is 7.27. The van der Waals surface area contributed by atoms with E-state index in [1.165, 1.54) is 15.8 Å². The van der Waals surface area contributed by atoms with Crippen LogP contribution in [0.3, 0.4) is 0 Å². The van der Waals surface area contributed by atoms with E-state index in [1.807, 2.05) is 0 Å². The Labute approximate surface area is 125 Å². The Morgan fingerprint density at radius 2 is 2.10 bits per heavy atom. The Kier molecular flexibility index (Phi) is 3.53. The van der Waals surface area contributed by atoms with Crippen LogP contribution in [0.4, 0.5) is 11.4 Å². The standard InChI is InChI=1S/C15H13N3O2S/c1-10-2-3-11(21-10)8-17-14-4-5-15(18(19)20)12-6-7-16-9-13(12)14/h2-7,9,17H,8H2,1H3. The van der Waals surface area contributed by atoms with Crippen LogP contribution in [0.1, 0.15) is 9.75 Å². The first kappa shape index (κ1) is 13.5. The summed E-state index contributed by atoms with van der Waals surface area (Å²) in [6, 6.07) is 9.11. The zero-order chi connectivity index (χ0) is 14.8. The van der Waals surface area contributed by atoms with E-state index in [2.05, 4.69) is 29.4 Å². The van der Waals surface area contributed by atoms with Gasteiger partial charge >= 0.3 is 0 Å². The second-order valence-electron chi connectivity index (χ2n) is 4.68. The summed E-state index contributed by atoms with van der Waals surface area (Å²) >= 11 is 1.73. The van der Waals surface area contributed by atoms with Crippen LogP contribution in [-0.2, 0) is 6.54 Å². The molecule has 2 aromatic heterocycles. The lowest BCUT2D eigenvalue weighted by atomic mass is 10.1. The Hall–Kier alpha value is -2.47. The normalized spacial score (nSPS) is 10.7. The van der Waals surface area contributed by atoms with Crippen molar-refractivity contribution in [2.75, 3.05) is 5.32 Å². The molecule has 0 aliphatic heterocycles. The van der Waals surface area contributed by atoms with Gasteiger partial charge in [-0.1, -0.05) is 0 Å². The average molecular weight is 299 g/mol. The predicted molar refractivity (Wildman–Crippen MR) is 84.8 cm³/mol. The van der Waals surface area contributed by atoms with Gasteiger partial charge in [-0.3, -0.25) is 15.1 Å². The number of anilines is 1. The highest BCUT2D eigenvalue weighted by molar-refractivity contribution is 7.11. The highest BCUT2D eigenvalue weighted by atomic mass is 32.1. The molecule has 5 nitrogen and oxygen atoms in total. The largest absolute Gasteiger partial charge is 0.380 e. The number of nitrogens with one attached hydrogen (secondary N) is 1. The number of nitrogens with zero attached hydrogens (tertiary/aromatic N) is 2. The van der Waals surface area contributed by atoms with Crippen molar-refractivity contribution in [2.24, 2.45) is 0 Å². The number of non-ortho nitro benzene ring substituents is 1. The fraction of sp³-hybridized carbons (Fsp3) is 0.133. The number of thiophene rings is 1. The first-order chi connectivity index (χ1) is 10.1. The molecule has 0 amide bonds. The Morgan fingerprint density at radius 1 is 1.24 bits per heavy atom. The molecule has 0 fully saturated rings. The van der Waals surface area contributed by atoms with Crippen molar-refractivity contribution in [1.29, 1.82) is 0 Å². The summed E-state index contributed by atoms with van der Waals surface area (Å²) in [5.74, 6) is 0. The molecule has 2 heterocycles. The van der Waals surface area contributed by atoms with E-state index in [1.54, 1.807) is 35.9 Å². The average Bonchev–Trinajstić information content (AvgIpc) is 2.90. The number of fused-ring (bicyclic) bond motifs is 1. The van der Waals surface area contributed by atoms with Crippen LogP contribution >= 0.6 is 11.3 Å². The lowest BCUT2D eigenvalue weighted by Crippen LogP contribution is -1.99. The van der Waals surface area contributed by atoms with Crippen molar-refractivity contribution >= 4 is 33.5 Å². The van der Waals surface area contributed by atoms with Gasteiger partial charge in [0.25, 0.3) is 5.69 Å². The minimum Gasteiger partial charge on any atom is -0.380 e. The molecule has 106 valence electrons. The Bertz CT molecular complexity index is 814. The molecule has 21 heavy (non-hydrogen) atoms. The molecular formula is C15H13N3O2S. The number of hydrogen-bond donors (Lipinski definition) is 1. The van der Waals surface area contributed by atoms with Crippen LogP contribution in [0.2, 0.25) is 0 Å². The van der Waals surface area contributed by atoms with E-state index in [-0.39, 0.29) is 10.6 Å². The third kappa shape index (κ3) is 2.71. The summed E-state index contributed by atoms with van der Waals surface area (Å²) in [6.45, 7) is 2.76. The summed E-state index contributed by atoms with van der Waals surface area (Å²) in [7, 11) is 0. The smallest absolute Gasteiger partial charge is 0.277 e. The molecule has 1 N–H and O–H groups in total. The Balaban J connectivity index is 1.96. The number of nitro benzene ring substituents is 1. The fourth-order valence-corrected chi connectivity index (χ4v) is 3.08. The molecule has 0 radical (unpaired) electrons. The number of aromatic nitrogens is 1. The molecular weight excluding hydrogens is 286 g/mol. The van der Waals surface area contributed by atoms with Gasteiger partial charge in [0, 0.05) is 45.8 Å². The molecule has 0 aliphatic rings. The van der Waals surface area contributed by atoms with Gasteiger partial charge in [0.05, 0.1) is 10.3 Å². The summed E-state index contributed by atoms with van der Waals surface area (Å²) in [5.41, 5.74) is 0.958. The van der Waals surface area contributed by atoms with Gasteiger partial charge < -0.3 is 5.32 Å². The van der Waals surface area contributed by atoms with Gasteiger partial charge in [-0.15, -0.1) is 11.3 Å². The Morgan fingerprint density at radius 3 is 2.81 bits per heavy atom. The molecule has 0 atom stereocenters. The van der Waals surface area contributed by atoms with Gasteiger partial charge in [-0.2, -0.15) is 0 Å². The number of nitro groups is 1. The lowest BCUT2D eigenvalue weighted by Gasteiger charge is -2.09. The lowest BCUT2D eigenvalue weighted by molar-refractivity contribution is -0.383. The molecule has 0 saturated carbocycles. The fourth-order valence-electron chi connectivity index (χ4n) is 2.25. The maximum Gasteiger partial charge on any atom is 0.277 e. The molecule has 1 aromatic carbocycles. The topological polar surface area (TPSA) is 68.1 Å². The zero-order valence-electron chi connectivity index (χ0n) is 11.4. The second-order valence-corrected chi connectivity index (χ2v) is 6.05. The van der Waals surface area contributed by atoms with Gasteiger partial charge in [0.15, 0.2) is 0 Å². The molecule has 0 bridgehead atoms. The molecule has 0 unspecified atom stereocenters. The highest BCUT2D eigenvalue weighted by Crippen LogP contribution is 2.31. The van der Waals surface area contributed by atoms with Crippen LogP contribution in [0.5, 0.6) is 0 Å². The predicted octanol–water partition coefficient (Wildman–Crippen LogP) is 4.13. The van der Waals surface area contributed by atoms with Crippen molar-refractivity contribution in [3.05, 3.63) is 62.6 Å². The second kappa shape index (κ2) is 5.49. The number of pyridine rings is 1. The van der Waals surface area contributed by atoms with Gasteiger partial charge in [-0.05, 0) is 31.2 Å².